The van der Waals surface area contributed by atoms with Gasteiger partial charge in [0.2, 0.25) is 0 Å². The highest BCUT2D eigenvalue weighted by Crippen LogP contribution is 2.23. The fourth-order valence-electron chi connectivity index (χ4n) is 2.06. The molecule has 0 amide bonds. The maximum absolute atomic E-state index is 6.07. The third kappa shape index (κ3) is 3.51. The minimum Gasteiger partial charge on any atom is -0.398 e. The van der Waals surface area contributed by atoms with Crippen LogP contribution >= 0.6 is 15.9 Å². The molecule has 0 saturated heterocycles. The van der Waals surface area contributed by atoms with E-state index in [9.17, 15) is 0 Å². The largest absolute Gasteiger partial charge is 0.398 e. The highest BCUT2D eigenvalue weighted by atomic mass is 79.9. The van der Waals surface area contributed by atoms with Crippen LogP contribution in [-0.2, 0) is 6.54 Å². The summed E-state index contributed by atoms with van der Waals surface area (Å²) in [4.78, 5) is 2.32. The van der Waals surface area contributed by atoms with Crippen molar-refractivity contribution >= 4 is 27.3 Å². The SMILES string of the molecule is CCN(Cc1ccc(Br)cc1N)c1ccc(C)cc1. The number of hydrogen-bond acceptors (Lipinski definition) is 2. The van der Waals surface area contributed by atoms with Gasteiger partial charge in [-0.25, -0.2) is 0 Å². The van der Waals surface area contributed by atoms with E-state index >= 15 is 0 Å². The van der Waals surface area contributed by atoms with Crippen LogP contribution in [-0.4, -0.2) is 6.54 Å². The van der Waals surface area contributed by atoms with Crippen molar-refractivity contribution in [2.45, 2.75) is 20.4 Å². The summed E-state index contributed by atoms with van der Waals surface area (Å²) < 4.78 is 1.02. The number of aryl methyl sites for hydroxylation is 1. The Labute approximate surface area is 123 Å². The molecule has 100 valence electrons. The van der Waals surface area contributed by atoms with Gasteiger partial charge in [-0.1, -0.05) is 39.7 Å². The van der Waals surface area contributed by atoms with E-state index in [0.717, 1.165) is 28.8 Å². The number of hydrogen-bond donors (Lipinski definition) is 1. The maximum atomic E-state index is 6.07. The van der Waals surface area contributed by atoms with Gasteiger partial charge in [-0.05, 0) is 43.7 Å². The average molecular weight is 319 g/mol. The summed E-state index contributed by atoms with van der Waals surface area (Å²) >= 11 is 3.44. The Morgan fingerprint density at radius 1 is 1.11 bits per heavy atom. The lowest BCUT2D eigenvalue weighted by molar-refractivity contribution is 0.833. The lowest BCUT2D eigenvalue weighted by Crippen LogP contribution is -2.22. The molecule has 0 saturated carbocycles. The zero-order chi connectivity index (χ0) is 13.8. The fourth-order valence-corrected chi connectivity index (χ4v) is 2.44. The highest BCUT2D eigenvalue weighted by molar-refractivity contribution is 9.10. The van der Waals surface area contributed by atoms with Crippen LogP contribution in [0.3, 0.4) is 0 Å². The zero-order valence-corrected chi connectivity index (χ0v) is 12.9. The molecule has 2 aromatic carbocycles. The summed E-state index contributed by atoms with van der Waals surface area (Å²) in [6.07, 6.45) is 0. The second-order valence-electron chi connectivity index (χ2n) is 4.69. The molecule has 2 nitrogen and oxygen atoms in total. The molecule has 2 aromatic rings. The van der Waals surface area contributed by atoms with E-state index < -0.39 is 0 Å². The van der Waals surface area contributed by atoms with Crippen molar-refractivity contribution in [1.82, 2.24) is 0 Å². The van der Waals surface area contributed by atoms with Gasteiger partial charge in [0.25, 0.3) is 0 Å². The number of halogens is 1. The van der Waals surface area contributed by atoms with Crippen molar-refractivity contribution in [3.05, 3.63) is 58.1 Å². The average Bonchev–Trinajstić information content (AvgIpc) is 2.39. The monoisotopic (exact) mass is 318 g/mol. The molecule has 3 heteroatoms. The van der Waals surface area contributed by atoms with Gasteiger partial charge in [0.1, 0.15) is 0 Å². The number of rotatable bonds is 4. The lowest BCUT2D eigenvalue weighted by Gasteiger charge is -2.24. The van der Waals surface area contributed by atoms with Crippen LogP contribution < -0.4 is 10.6 Å². The Hall–Kier alpha value is -1.48. The van der Waals surface area contributed by atoms with Gasteiger partial charge in [0.05, 0.1) is 0 Å². The summed E-state index contributed by atoms with van der Waals surface area (Å²) in [6, 6.07) is 14.7. The first-order chi connectivity index (χ1) is 9.10. The Kier molecular flexibility index (Phi) is 4.48. The first kappa shape index (κ1) is 13.9. The summed E-state index contributed by atoms with van der Waals surface area (Å²) in [5.41, 5.74) is 10.6. The predicted molar refractivity (Wildman–Crippen MR) is 86.5 cm³/mol. The summed E-state index contributed by atoms with van der Waals surface area (Å²) in [5.74, 6) is 0. The van der Waals surface area contributed by atoms with Crippen LogP contribution in [0.2, 0.25) is 0 Å². The van der Waals surface area contributed by atoms with Crippen LogP contribution in [0.25, 0.3) is 0 Å². The smallest absolute Gasteiger partial charge is 0.0449 e. The Bertz CT molecular complexity index is 549. The van der Waals surface area contributed by atoms with Crippen LogP contribution in [0.1, 0.15) is 18.1 Å². The zero-order valence-electron chi connectivity index (χ0n) is 11.4. The van der Waals surface area contributed by atoms with Crippen molar-refractivity contribution in [1.29, 1.82) is 0 Å². The summed E-state index contributed by atoms with van der Waals surface area (Å²) in [6.45, 7) is 6.05. The summed E-state index contributed by atoms with van der Waals surface area (Å²) in [5, 5.41) is 0. The van der Waals surface area contributed by atoms with E-state index in [1.165, 1.54) is 11.3 Å². The predicted octanol–water partition coefficient (Wildman–Crippen LogP) is 4.37. The molecule has 2 rings (SSSR count). The minimum atomic E-state index is 0.832. The van der Waals surface area contributed by atoms with E-state index in [4.69, 9.17) is 5.73 Å². The molecular weight excluding hydrogens is 300 g/mol. The van der Waals surface area contributed by atoms with E-state index in [1.54, 1.807) is 0 Å². The van der Waals surface area contributed by atoms with Gasteiger partial charge < -0.3 is 10.6 Å². The Morgan fingerprint density at radius 2 is 1.79 bits per heavy atom. The van der Waals surface area contributed by atoms with Gasteiger partial charge in [-0.2, -0.15) is 0 Å². The molecule has 0 heterocycles. The molecule has 0 unspecified atom stereocenters. The highest BCUT2D eigenvalue weighted by Gasteiger charge is 2.07. The van der Waals surface area contributed by atoms with Crippen molar-refractivity contribution in [3.63, 3.8) is 0 Å². The molecule has 19 heavy (non-hydrogen) atoms. The Balaban J connectivity index is 2.21. The van der Waals surface area contributed by atoms with Crippen molar-refractivity contribution in [2.75, 3.05) is 17.2 Å². The van der Waals surface area contributed by atoms with Crippen molar-refractivity contribution in [3.8, 4) is 0 Å². The third-order valence-corrected chi connectivity index (χ3v) is 3.74. The van der Waals surface area contributed by atoms with Gasteiger partial charge in [0, 0.05) is 28.9 Å². The van der Waals surface area contributed by atoms with Gasteiger partial charge in [0.15, 0.2) is 0 Å². The molecule has 0 aliphatic carbocycles. The molecular formula is C16H19BrN2. The van der Waals surface area contributed by atoms with Gasteiger partial charge in [-0.15, -0.1) is 0 Å². The van der Waals surface area contributed by atoms with Crippen molar-refractivity contribution in [2.24, 2.45) is 0 Å². The molecule has 2 N–H and O–H groups in total. The maximum Gasteiger partial charge on any atom is 0.0449 e. The molecule has 0 aliphatic rings. The van der Waals surface area contributed by atoms with Gasteiger partial charge in [-0.3, -0.25) is 0 Å². The number of anilines is 2. The molecule has 0 bridgehead atoms. The van der Waals surface area contributed by atoms with Gasteiger partial charge >= 0.3 is 0 Å². The van der Waals surface area contributed by atoms with Crippen molar-refractivity contribution < 1.29 is 0 Å². The Morgan fingerprint density at radius 3 is 2.37 bits per heavy atom. The van der Waals surface area contributed by atoms with Crippen LogP contribution in [0, 0.1) is 6.92 Å². The number of benzene rings is 2. The molecule has 0 fully saturated rings. The number of nitrogens with two attached hydrogens (primary N) is 1. The van der Waals surface area contributed by atoms with E-state index in [2.05, 4.69) is 65.0 Å². The normalized spacial score (nSPS) is 10.5. The fraction of sp³-hybridized carbons (Fsp3) is 0.250. The first-order valence-corrected chi connectivity index (χ1v) is 7.25. The standard InChI is InChI=1S/C16H19BrN2/c1-3-19(15-8-4-12(2)5-9-15)11-13-6-7-14(17)10-16(13)18/h4-10H,3,11,18H2,1-2H3. The van der Waals surface area contributed by atoms with E-state index in [0.29, 0.717) is 0 Å². The number of nitrogens with zero attached hydrogens (tertiary/aromatic N) is 1. The molecule has 0 spiro atoms. The van der Waals surface area contributed by atoms with E-state index in [-0.39, 0.29) is 0 Å². The second-order valence-corrected chi connectivity index (χ2v) is 5.61. The lowest BCUT2D eigenvalue weighted by atomic mass is 10.1. The molecule has 0 atom stereocenters. The second kappa shape index (κ2) is 6.11. The van der Waals surface area contributed by atoms with Crippen LogP contribution in [0.4, 0.5) is 11.4 Å². The number of nitrogen functional groups attached to an aromatic ring is 1. The first-order valence-electron chi connectivity index (χ1n) is 6.45. The third-order valence-electron chi connectivity index (χ3n) is 3.25. The van der Waals surface area contributed by atoms with Crippen LogP contribution in [0.5, 0.6) is 0 Å². The molecule has 0 radical (unpaired) electrons. The summed E-state index contributed by atoms with van der Waals surface area (Å²) in [7, 11) is 0. The minimum absolute atomic E-state index is 0.832. The molecule has 0 aliphatic heterocycles. The molecule has 0 aromatic heterocycles. The quantitative estimate of drug-likeness (QED) is 0.848. The van der Waals surface area contributed by atoms with Crippen LogP contribution in [0.15, 0.2) is 46.9 Å². The topological polar surface area (TPSA) is 29.3 Å². The van der Waals surface area contributed by atoms with E-state index in [1.807, 2.05) is 12.1 Å².